The van der Waals surface area contributed by atoms with Crippen LogP contribution in [0.5, 0.6) is 0 Å². The number of fused-ring (bicyclic) bond motifs is 1. The molecule has 2 nitrogen and oxygen atoms in total. The standard InChI is InChI=1S/C16H19FN2/c1-16(12-17)6-9-19(10-7-16)14-4-5-15-13(11-14)3-2-8-18-15/h2-5,8,11H,6-7,9-10,12H2,1H3. The Morgan fingerprint density at radius 3 is 2.79 bits per heavy atom. The van der Waals surface area contributed by atoms with E-state index in [4.69, 9.17) is 0 Å². The Labute approximate surface area is 113 Å². The minimum Gasteiger partial charge on any atom is -0.371 e. The Balaban J connectivity index is 1.82. The van der Waals surface area contributed by atoms with Crippen LogP contribution in [-0.4, -0.2) is 24.7 Å². The number of anilines is 1. The van der Waals surface area contributed by atoms with E-state index < -0.39 is 0 Å². The summed E-state index contributed by atoms with van der Waals surface area (Å²) in [6.45, 7) is 3.72. The molecule has 0 N–H and O–H groups in total. The molecular weight excluding hydrogens is 239 g/mol. The van der Waals surface area contributed by atoms with Gasteiger partial charge in [-0.3, -0.25) is 9.37 Å². The van der Waals surface area contributed by atoms with Gasteiger partial charge in [0, 0.05) is 30.4 Å². The van der Waals surface area contributed by atoms with E-state index in [1.165, 1.54) is 11.1 Å². The van der Waals surface area contributed by atoms with Gasteiger partial charge in [-0.05, 0) is 42.5 Å². The summed E-state index contributed by atoms with van der Waals surface area (Å²) >= 11 is 0. The molecule has 1 aliphatic rings. The van der Waals surface area contributed by atoms with Crippen molar-refractivity contribution in [3.05, 3.63) is 36.5 Å². The summed E-state index contributed by atoms with van der Waals surface area (Å²) in [6.07, 6.45) is 3.67. The van der Waals surface area contributed by atoms with Gasteiger partial charge in [0.25, 0.3) is 0 Å². The third kappa shape index (κ3) is 2.42. The van der Waals surface area contributed by atoms with E-state index in [9.17, 15) is 4.39 Å². The molecule has 1 aromatic carbocycles. The Hall–Kier alpha value is -1.64. The highest BCUT2D eigenvalue weighted by atomic mass is 19.1. The molecule has 0 atom stereocenters. The highest BCUT2D eigenvalue weighted by Gasteiger charge is 2.30. The van der Waals surface area contributed by atoms with Gasteiger partial charge in [0.1, 0.15) is 0 Å². The Morgan fingerprint density at radius 2 is 2.05 bits per heavy atom. The van der Waals surface area contributed by atoms with Crippen LogP contribution in [-0.2, 0) is 0 Å². The topological polar surface area (TPSA) is 16.1 Å². The Kier molecular flexibility index (Phi) is 3.13. The molecule has 0 unspecified atom stereocenters. The molecule has 0 saturated carbocycles. The fourth-order valence-corrected chi connectivity index (χ4v) is 2.70. The summed E-state index contributed by atoms with van der Waals surface area (Å²) in [7, 11) is 0. The van der Waals surface area contributed by atoms with Gasteiger partial charge in [-0.15, -0.1) is 0 Å². The lowest BCUT2D eigenvalue weighted by Gasteiger charge is -2.38. The summed E-state index contributed by atoms with van der Waals surface area (Å²) < 4.78 is 13.0. The predicted octanol–water partition coefficient (Wildman–Crippen LogP) is 3.81. The first-order valence-corrected chi connectivity index (χ1v) is 6.86. The fourth-order valence-electron chi connectivity index (χ4n) is 2.70. The SMILES string of the molecule is CC1(CF)CCN(c2ccc3ncccc3c2)CC1. The minimum absolute atomic E-state index is 0.116. The number of halogens is 1. The second kappa shape index (κ2) is 4.80. The molecule has 0 spiro atoms. The molecule has 0 amide bonds. The van der Waals surface area contributed by atoms with E-state index in [-0.39, 0.29) is 12.1 Å². The molecule has 0 radical (unpaired) electrons. The zero-order valence-corrected chi connectivity index (χ0v) is 11.3. The summed E-state index contributed by atoms with van der Waals surface area (Å²) in [5.74, 6) is 0. The number of aromatic nitrogens is 1. The van der Waals surface area contributed by atoms with Gasteiger partial charge in [0.15, 0.2) is 0 Å². The maximum atomic E-state index is 13.0. The van der Waals surface area contributed by atoms with E-state index in [2.05, 4.69) is 41.1 Å². The zero-order chi connectivity index (χ0) is 13.3. The molecule has 1 aliphatic heterocycles. The number of piperidine rings is 1. The highest BCUT2D eigenvalue weighted by molar-refractivity contribution is 5.82. The maximum Gasteiger partial charge on any atom is 0.0949 e. The van der Waals surface area contributed by atoms with Crippen molar-refractivity contribution in [2.45, 2.75) is 19.8 Å². The van der Waals surface area contributed by atoms with Crippen LogP contribution >= 0.6 is 0 Å². The van der Waals surface area contributed by atoms with Crippen molar-refractivity contribution in [1.82, 2.24) is 4.98 Å². The third-order valence-electron chi connectivity index (χ3n) is 4.24. The molecule has 1 saturated heterocycles. The van der Waals surface area contributed by atoms with Gasteiger partial charge in [-0.25, -0.2) is 0 Å². The molecular formula is C16H19FN2. The number of rotatable bonds is 2. The van der Waals surface area contributed by atoms with E-state index in [0.29, 0.717) is 0 Å². The highest BCUT2D eigenvalue weighted by Crippen LogP contribution is 2.33. The first kappa shape index (κ1) is 12.4. The zero-order valence-electron chi connectivity index (χ0n) is 11.3. The van der Waals surface area contributed by atoms with E-state index in [1.807, 2.05) is 12.3 Å². The number of nitrogens with zero attached hydrogens (tertiary/aromatic N) is 2. The van der Waals surface area contributed by atoms with Crippen LogP contribution in [0.25, 0.3) is 10.9 Å². The second-order valence-corrected chi connectivity index (χ2v) is 5.81. The van der Waals surface area contributed by atoms with Crippen LogP contribution in [0.3, 0.4) is 0 Å². The van der Waals surface area contributed by atoms with Crippen LogP contribution in [0.4, 0.5) is 10.1 Å². The number of benzene rings is 1. The molecule has 100 valence electrons. The van der Waals surface area contributed by atoms with Crippen molar-refractivity contribution >= 4 is 16.6 Å². The number of alkyl halides is 1. The largest absolute Gasteiger partial charge is 0.371 e. The van der Waals surface area contributed by atoms with Crippen molar-refractivity contribution in [1.29, 1.82) is 0 Å². The summed E-state index contributed by atoms with van der Waals surface area (Å²) in [4.78, 5) is 6.69. The van der Waals surface area contributed by atoms with Crippen molar-refractivity contribution in [2.75, 3.05) is 24.7 Å². The summed E-state index contributed by atoms with van der Waals surface area (Å²) in [5.41, 5.74) is 2.13. The quantitative estimate of drug-likeness (QED) is 0.814. The predicted molar refractivity (Wildman–Crippen MR) is 77.3 cm³/mol. The van der Waals surface area contributed by atoms with E-state index in [1.54, 1.807) is 0 Å². The van der Waals surface area contributed by atoms with Gasteiger partial charge in [0.05, 0.1) is 12.2 Å². The molecule has 1 aromatic heterocycles. The van der Waals surface area contributed by atoms with E-state index in [0.717, 1.165) is 31.4 Å². The molecule has 0 bridgehead atoms. The van der Waals surface area contributed by atoms with Crippen molar-refractivity contribution in [2.24, 2.45) is 5.41 Å². The molecule has 3 heteroatoms. The smallest absolute Gasteiger partial charge is 0.0949 e. The van der Waals surface area contributed by atoms with Crippen LogP contribution in [0.15, 0.2) is 36.5 Å². The molecule has 3 rings (SSSR count). The molecule has 2 heterocycles. The van der Waals surface area contributed by atoms with Gasteiger partial charge in [-0.2, -0.15) is 0 Å². The maximum absolute atomic E-state index is 13.0. The third-order valence-corrected chi connectivity index (χ3v) is 4.24. The lowest BCUT2D eigenvalue weighted by molar-refractivity contribution is 0.183. The van der Waals surface area contributed by atoms with Crippen molar-refractivity contribution in [3.63, 3.8) is 0 Å². The average molecular weight is 258 g/mol. The summed E-state index contributed by atoms with van der Waals surface area (Å²) in [5, 5.41) is 1.17. The molecule has 0 aliphatic carbocycles. The van der Waals surface area contributed by atoms with Gasteiger partial charge in [0.2, 0.25) is 0 Å². The minimum atomic E-state index is -0.206. The molecule has 19 heavy (non-hydrogen) atoms. The average Bonchev–Trinajstić information content (AvgIpc) is 2.47. The second-order valence-electron chi connectivity index (χ2n) is 5.81. The normalized spacial score (nSPS) is 18.7. The lowest BCUT2D eigenvalue weighted by atomic mass is 9.81. The number of pyridine rings is 1. The summed E-state index contributed by atoms with van der Waals surface area (Å²) in [6, 6.07) is 10.4. The van der Waals surface area contributed by atoms with Gasteiger partial charge >= 0.3 is 0 Å². The Bertz CT molecular complexity index is 574. The van der Waals surface area contributed by atoms with Crippen LogP contribution < -0.4 is 4.90 Å². The van der Waals surface area contributed by atoms with Gasteiger partial charge < -0.3 is 4.90 Å². The first-order chi connectivity index (χ1) is 9.20. The number of hydrogen-bond donors (Lipinski definition) is 0. The molecule has 2 aromatic rings. The van der Waals surface area contributed by atoms with Crippen molar-refractivity contribution in [3.8, 4) is 0 Å². The Morgan fingerprint density at radius 1 is 1.26 bits per heavy atom. The van der Waals surface area contributed by atoms with E-state index >= 15 is 0 Å². The van der Waals surface area contributed by atoms with Gasteiger partial charge in [-0.1, -0.05) is 13.0 Å². The lowest BCUT2D eigenvalue weighted by Crippen LogP contribution is -2.39. The fraction of sp³-hybridized carbons (Fsp3) is 0.438. The van der Waals surface area contributed by atoms with Crippen molar-refractivity contribution < 1.29 is 4.39 Å². The van der Waals surface area contributed by atoms with Crippen LogP contribution in [0.1, 0.15) is 19.8 Å². The first-order valence-electron chi connectivity index (χ1n) is 6.86. The van der Waals surface area contributed by atoms with Crippen LogP contribution in [0.2, 0.25) is 0 Å². The molecule has 1 fully saturated rings. The number of hydrogen-bond acceptors (Lipinski definition) is 2. The monoisotopic (exact) mass is 258 g/mol. The van der Waals surface area contributed by atoms with Crippen LogP contribution in [0, 0.1) is 5.41 Å².